The highest BCUT2D eigenvalue weighted by molar-refractivity contribution is 4.95. The van der Waals surface area contributed by atoms with Crippen LogP contribution in [0.5, 0.6) is 0 Å². The topological polar surface area (TPSA) is 24.5 Å². The molecular weight excluding hydrogens is 188 g/mol. The second kappa shape index (κ2) is 4.40. The molecular formula is C12H22N2O. The molecule has 3 atom stereocenters. The van der Waals surface area contributed by atoms with Crippen LogP contribution in [0.3, 0.4) is 0 Å². The fourth-order valence-electron chi connectivity index (χ4n) is 3.38. The van der Waals surface area contributed by atoms with Gasteiger partial charge in [0.2, 0.25) is 0 Å². The minimum atomic E-state index is 0.572. The molecule has 0 saturated carbocycles. The Balaban J connectivity index is 1.60. The molecule has 3 saturated heterocycles. The third kappa shape index (κ3) is 2.05. The number of rotatable bonds is 1. The number of hydrogen-bond acceptors (Lipinski definition) is 3. The minimum absolute atomic E-state index is 0.572. The Kier molecular flexibility index (Phi) is 2.95. The monoisotopic (exact) mass is 210 g/mol. The molecule has 2 bridgehead atoms. The molecule has 0 spiro atoms. The van der Waals surface area contributed by atoms with Gasteiger partial charge in [0.15, 0.2) is 0 Å². The van der Waals surface area contributed by atoms with E-state index in [1.807, 2.05) is 0 Å². The first kappa shape index (κ1) is 10.1. The summed E-state index contributed by atoms with van der Waals surface area (Å²) in [6, 6.07) is 0.752. The third-order valence-corrected chi connectivity index (χ3v) is 4.14. The minimum Gasteiger partial charge on any atom is -0.373 e. The van der Waals surface area contributed by atoms with Gasteiger partial charge in [-0.3, -0.25) is 4.90 Å². The van der Waals surface area contributed by atoms with Gasteiger partial charge in [-0.15, -0.1) is 0 Å². The molecule has 3 rings (SSSR count). The second-order valence-electron chi connectivity index (χ2n) is 5.17. The van der Waals surface area contributed by atoms with Crippen molar-refractivity contribution in [2.24, 2.45) is 0 Å². The van der Waals surface area contributed by atoms with Gasteiger partial charge >= 0.3 is 0 Å². The van der Waals surface area contributed by atoms with Crippen LogP contribution in [0.1, 0.15) is 32.1 Å². The van der Waals surface area contributed by atoms with Gasteiger partial charge < -0.3 is 10.1 Å². The Morgan fingerprint density at radius 2 is 1.87 bits per heavy atom. The number of ether oxygens (including phenoxy) is 1. The summed E-state index contributed by atoms with van der Waals surface area (Å²) >= 11 is 0. The quantitative estimate of drug-likeness (QED) is 0.698. The lowest BCUT2D eigenvalue weighted by Gasteiger charge is -2.34. The lowest BCUT2D eigenvalue weighted by Crippen LogP contribution is -2.45. The normalized spacial score (nSPS) is 42.8. The summed E-state index contributed by atoms with van der Waals surface area (Å²) in [5.41, 5.74) is 0. The average molecular weight is 210 g/mol. The summed E-state index contributed by atoms with van der Waals surface area (Å²) in [7, 11) is 0. The van der Waals surface area contributed by atoms with Gasteiger partial charge in [-0.25, -0.2) is 0 Å². The molecule has 0 aromatic carbocycles. The number of nitrogens with zero attached hydrogens (tertiary/aromatic N) is 1. The van der Waals surface area contributed by atoms with Crippen LogP contribution in [0.25, 0.3) is 0 Å². The van der Waals surface area contributed by atoms with Crippen molar-refractivity contribution in [3.8, 4) is 0 Å². The molecule has 0 aromatic heterocycles. The standard InChI is InChI=1S/C12H22N2O/c1-5-13-6-2-8-14(7-1)11-9-10-3-4-12(11)15-10/h10-13H,1-9H2. The highest BCUT2D eigenvalue weighted by atomic mass is 16.5. The molecule has 0 aromatic rings. The van der Waals surface area contributed by atoms with Crippen molar-refractivity contribution in [3.05, 3.63) is 0 Å². The van der Waals surface area contributed by atoms with Crippen molar-refractivity contribution < 1.29 is 4.74 Å². The van der Waals surface area contributed by atoms with Crippen molar-refractivity contribution in [1.82, 2.24) is 10.2 Å². The Bertz CT molecular complexity index is 214. The zero-order valence-corrected chi connectivity index (χ0v) is 9.45. The smallest absolute Gasteiger partial charge is 0.0735 e. The van der Waals surface area contributed by atoms with E-state index in [0.29, 0.717) is 12.2 Å². The van der Waals surface area contributed by atoms with E-state index in [1.54, 1.807) is 0 Å². The molecule has 15 heavy (non-hydrogen) atoms. The molecule has 0 aliphatic carbocycles. The average Bonchev–Trinajstić information content (AvgIpc) is 2.78. The fraction of sp³-hybridized carbons (Fsp3) is 1.00. The zero-order valence-electron chi connectivity index (χ0n) is 9.45. The van der Waals surface area contributed by atoms with Crippen LogP contribution in [0, 0.1) is 0 Å². The maximum Gasteiger partial charge on any atom is 0.0735 e. The van der Waals surface area contributed by atoms with E-state index in [4.69, 9.17) is 4.74 Å². The largest absolute Gasteiger partial charge is 0.373 e. The van der Waals surface area contributed by atoms with Crippen molar-refractivity contribution in [1.29, 1.82) is 0 Å². The summed E-state index contributed by atoms with van der Waals surface area (Å²) in [5, 5.41) is 3.47. The van der Waals surface area contributed by atoms with Crippen LogP contribution in [-0.4, -0.2) is 49.3 Å². The van der Waals surface area contributed by atoms with Crippen molar-refractivity contribution in [2.45, 2.75) is 50.4 Å². The molecule has 0 amide bonds. The maximum atomic E-state index is 5.95. The van der Waals surface area contributed by atoms with Gasteiger partial charge in [-0.2, -0.15) is 0 Å². The van der Waals surface area contributed by atoms with Gasteiger partial charge in [0, 0.05) is 6.04 Å². The molecule has 3 heteroatoms. The van der Waals surface area contributed by atoms with Crippen LogP contribution in [-0.2, 0) is 4.74 Å². The van der Waals surface area contributed by atoms with Gasteiger partial charge in [-0.1, -0.05) is 0 Å². The molecule has 3 unspecified atom stereocenters. The van der Waals surface area contributed by atoms with E-state index in [9.17, 15) is 0 Å². The Labute approximate surface area is 92.2 Å². The maximum absolute atomic E-state index is 5.95. The van der Waals surface area contributed by atoms with Crippen molar-refractivity contribution >= 4 is 0 Å². The first-order valence-corrected chi connectivity index (χ1v) is 6.54. The van der Waals surface area contributed by atoms with Crippen LogP contribution < -0.4 is 5.32 Å². The molecule has 3 aliphatic rings. The van der Waals surface area contributed by atoms with Gasteiger partial charge in [0.25, 0.3) is 0 Å². The predicted molar refractivity (Wildman–Crippen MR) is 60.0 cm³/mol. The Morgan fingerprint density at radius 1 is 1.07 bits per heavy atom. The molecule has 1 N–H and O–H groups in total. The van der Waals surface area contributed by atoms with E-state index < -0.39 is 0 Å². The van der Waals surface area contributed by atoms with E-state index in [1.165, 1.54) is 58.3 Å². The predicted octanol–water partition coefficient (Wildman–Crippen LogP) is 0.992. The third-order valence-electron chi connectivity index (χ3n) is 4.14. The molecule has 0 radical (unpaired) electrons. The lowest BCUT2D eigenvalue weighted by molar-refractivity contribution is 0.0675. The molecule has 3 heterocycles. The first-order chi connectivity index (χ1) is 7.43. The second-order valence-corrected chi connectivity index (χ2v) is 5.17. The van der Waals surface area contributed by atoms with E-state index >= 15 is 0 Å². The van der Waals surface area contributed by atoms with Crippen molar-refractivity contribution in [2.75, 3.05) is 26.2 Å². The van der Waals surface area contributed by atoms with Crippen LogP contribution in [0.4, 0.5) is 0 Å². The summed E-state index contributed by atoms with van der Waals surface area (Å²) in [6.07, 6.45) is 7.70. The van der Waals surface area contributed by atoms with Crippen LogP contribution in [0.15, 0.2) is 0 Å². The molecule has 86 valence electrons. The van der Waals surface area contributed by atoms with Crippen LogP contribution in [0.2, 0.25) is 0 Å². The SMILES string of the molecule is C1CNCCCN(C2CC3CCC2O3)C1. The van der Waals surface area contributed by atoms with E-state index in [0.717, 1.165) is 6.04 Å². The number of fused-ring (bicyclic) bond motifs is 2. The number of hydrogen-bond donors (Lipinski definition) is 1. The van der Waals surface area contributed by atoms with Gasteiger partial charge in [-0.05, 0) is 58.3 Å². The lowest BCUT2D eigenvalue weighted by atomic mass is 9.93. The summed E-state index contributed by atoms with van der Waals surface area (Å²) in [5.74, 6) is 0. The Hall–Kier alpha value is -0.120. The highest BCUT2D eigenvalue weighted by Crippen LogP contribution is 2.37. The summed E-state index contributed by atoms with van der Waals surface area (Å²) in [6.45, 7) is 4.92. The van der Waals surface area contributed by atoms with Crippen molar-refractivity contribution in [3.63, 3.8) is 0 Å². The summed E-state index contributed by atoms with van der Waals surface area (Å²) < 4.78 is 5.95. The highest BCUT2D eigenvalue weighted by Gasteiger charge is 2.43. The molecule has 3 nitrogen and oxygen atoms in total. The fourth-order valence-corrected chi connectivity index (χ4v) is 3.38. The summed E-state index contributed by atoms with van der Waals surface area (Å²) in [4.78, 5) is 2.70. The molecule has 3 fully saturated rings. The van der Waals surface area contributed by atoms with Gasteiger partial charge in [0.05, 0.1) is 12.2 Å². The van der Waals surface area contributed by atoms with Crippen LogP contribution >= 0.6 is 0 Å². The van der Waals surface area contributed by atoms with E-state index in [2.05, 4.69) is 10.2 Å². The van der Waals surface area contributed by atoms with E-state index in [-0.39, 0.29) is 0 Å². The Morgan fingerprint density at radius 3 is 2.47 bits per heavy atom. The number of nitrogens with one attached hydrogen (secondary N) is 1. The van der Waals surface area contributed by atoms with Gasteiger partial charge in [0.1, 0.15) is 0 Å². The zero-order chi connectivity index (χ0) is 10.1. The molecule has 3 aliphatic heterocycles. The first-order valence-electron chi connectivity index (χ1n) is 6.54.